The van der Waals surface area contributed by atoms with Crippen LogP contribution in [0.2, 0.25) is 0 Å². The molecule has 4 rings (SSSR count). The summed E-state index contributed by atoms with van der Waals surface area (Å²) < 4.78 is 17.1. The Morgan fingerprint density at radius 1 is 1.07 bits per heavy atom. The third-order valence-electron chi connectivity index (χ3n) is 7.51. The number of aliphatic carboxylic acids is 1. The van der Waals surface area contributed by atoms with E-state index in [4.69, 9.17) is 14.2 Å². The molecule has 40 heavy (non-hydrogen) atoms. The van der Waals surface area contributed by atoms with Gasteiger partial charge in [0, 0.05) is 43.5 Å². The van der Waals surface area contributed by atoms with Crippen LogP contribution in [0.5, 0.6) is 0 Å². The Labute approximate surface area is 235 Å². The average Bonchev–Trinajstić information content (AvgIpc) is 3.22. The number of carbonyl (C=O) groups excluding carboxylic acids is 2. The topological polar surface area (TPSA) is 114 Å². The van der Waals surface area contributed by atoms with Crippen LogP contribution in [0.4, 0.5) is 9.59 Å². The fourth-order valence-electron chi connectivity index (χ4n) is 5.68. The number of amides is 2. The van der Waals surface area contributed by atoms with Crippen molar-refractivity contribution >= 4 is 18.2 Å². The normalized spacial score (nSPS) is 19.2. The van der Waals surface area contributed by atoms with E-state index in [0.717, 1.165) is 22.3 Å². The number of hydrogen-bond donors (Lipinski definition) is 2. The van der Waals surface area contributed by atoms with Gasteiger partial charge in [0.2, 0.25) is 0 Å². The van der Waals surface area contributed by atoms with Crippen molar-refractivity contribution in [3.63, 3.8) is 0 Å². The van der Waals surface area contributed by atoms with Gasteiger partial charge < -0.3 is 29.5 Å². The first-order valence-corrected chi connectivity index (χ1v) is 14.0. The van der Waals surface area contributed by atoms with Crippen LogP contribution in [-0.2, 0) is 19.0 Å². The number of carbonyl (C=O) groups is 3. The first-order chi connectivity index (χ1) is 19.0. The number of ether oxygens (including phenoxy) is 3. The lowest BCUT2D eigenvalue weighted by Gasteiger charge is -2.42. The van der Waals surface area contributed by atoms with Crippen LogP contribution in [0, 0.1) is 5.92 Å². The molecule has 2 aromatic carbocycles. The summed E-state index contributed by atoms with van der Waals surface area (Å²) in [6.07, 6.45) is -0.261. The zero-order valence-electron chi connectivity index (χ0n) is 23.7. The third kappa shape index (κ3) is 7.13. The number of benzene rings is 2. The zero-order chi connectivity index (χ0) is 28.9. The molecule has 1 fully saturated rings. The smallest absolute Gasteiger partial charge is 0.410 e. The minimum absolute atomic E-state index is 0.0627. The van der Waals surface area contributed by atoms with E-state index in [2.05, 4.69) is 29.6 Å². The molecule has 2 amide bonds. The highest BCUT2D eigenvalue weighted by atomic mass is 16.6. The zero-order valence-corrected chi connectivity index (χ0v) is 23.7. The number of nitrogens with one attached hydrogen (secondary N) is 1. The predicted molar refractivity (Wildman–Crippen MR) is 150 cm³/mol. The van der Waals surface area contributed by atoms with Crippen LogP contribution in [-0.4, -0.2) is 72.2 Å². The SMILES string of the molecule is CC(NC(=O)OC(C)(C)C)C1COCCC1N(CCCC(=O)O)C(=O)OCC1c2ccccc2-c2ccccc21. The summed E-state index contributed by atoms with van der Waals surface area (Å²) in [4.78, 5) is 39.0. The van der Waals surface area contributed by atoms with Gasteiger partial charge in [0.25, 0.3) is 0 Å². The molecule has 1 heterocycles. The van der Waals surface area contributed by atoms with E-state index in [1.54, 1.807) is 25.7 Å². The maximum atomic E-state index is 13.7. The van der Waals surface area contributed by atoms with Gasteiger partial charge in [-0.1, -0.05) is 48.5 Å². The summed E-state index contributed by atoms with van der Waals surface area (Å²) in [6.45, 7) is 8.44. The Hall–Kier alpha value is -3.59. The monoisotopic (exact) mass is 552 g/mol. The molecule has 3 unspecified atom stereocenters. The molecule has 0 spiro atoms. The predicted octanol–water partition coefficient (Wildman–Crippen LogP) is 5.42. The van der Waals surface area contributed by atoms with Crippen LogP contribution in [0.15, 0.2) is 48.5 Å². The number of hydrogen-bond acceptors (Lipinski definition) is 6. The Bertz CT molecular complexity index is 1160. The molecular weight excluding hydrogens is 512 g/mol. The van der Waals surface area contributed by atoms with Crippen molar-refractivity contribution < 1.29 is 33.7 Å². The molecule has 2 aromatic rings. The van der Waals surface area contributed by atoms with Crippen molar-refractivity contribution in [2.24, 2.45) is 5.92 Å². The lowest BCUT2D eigenvalue weighted by Crippen LogP contribution is -2.56. The van der Waals surface area contributed by atoms with Crippen molar-refractivity contribution in [1.82, 2.24) is 10.2 Å². The second-order valence-corrected chi connectivity index (χ2v) is 11.5. The molecule has 3 atom stereocenters. The minimum Gasteiger partial charge on any atom is -0.481 e. The fourth-order valence-corrected chi connectivity index (χ4v) is 5.68. The van der Waals surface area contributed by atoms with E-state index in [0.29, 0.717) is 19.6 Å². The Morgan fingerprint density at radius 2 is 1.70 bits per heavy atom. The van der Waals surface area contributed by atoms with Gasteiger partial charge in [-0.25, -0.2) is 9.59 Å². The number of carboxylic acid groups (broad SMARTS) is 1. The third-order valence-corrected chi connectivity index (χ3v) is 7.51. The van der Waals surface area contributed by atoms with E-state index in [1.807, 2.05) is 31.2 Å². The summed E-state index contributed by atoms with van der Waals surface area (Å²) in [6, 6.07) is 15.6. The number of rotatable bonds is 9. The van der Waals surface area contributed by atoms with Gasteiger partial charge in [0.1, 0.15) is 12.2 Å². The molecule has 1 saturated heterocycles. The molecular formula is C31H40N2O7. The highest BCUT2D eigenvalue weighted by Gasteiger charge is 2.39. The Morgan fingerprint density at radius 3 is 2.30 bits per heavy atom. The van der Waals surface area contributed by atoms with Gasteiger partial charge in [0.15, 0.2) is 0 Å². The van der Waals surface area contributed by atoms with Crippen LogP contribution < -0.4 is 5.32 Å². The molecule has 9 heteroatoms. The first-order valence-electron chi connectivity index (χ1n) is 14.0. The molecule has 1 aliphatic carbocycles. The molecule has 0 bridgehead atoms. The van der Waals surface area contributed by atoms with Crippen LogP contribution in [0.1, 0.15) is 64.0 Å². The van der Waals surface area contributed by atoms with Crippen LogP contribution in [0.25, 0.3) is 11.1 Å². The van der Waals surface area contributed by atoms with Crippen LogP contribution in [0.3, 0.4) is 0 Å². The van der Waals surface area contributed by atoms with E-state index in [1.165, 1.54) is 0 Å². The quantitative estimate of drug-likeness (QED) is 0.427. The van der Waals surface area contributed by atoms with E-state index < -0.39 is 23.8 Å². The summed E-state index contributed by atoms with van der Waals surface area (Å²) in [5.41, 5.74) is 3.88. The van der Waals surface area contributed by atoms with Crippen molar-refractivity contribution in [1.29, 1.82) is 0 Å². The minimum atomic E-state index is -0.920. The fraction of sp³-hybridized carbons (Fsp3) is 0.516. The Kier molecular flexibility index (Phi) is 9.35. The highest BCUT2D eigenvalue weighted by molar-refractivity contribution is 5.79. The van der Waals surface area contributed by atoms with E-state index in [-0.39, 0.29) is 49.9 Å². The summed E-state index contributed by atoms with van der Waals surface area (Å²) >= 11 is 0. The highest BCUT2D eigenvalue weighted by Crippen LogP contribution is 2.44. The van der Waals surface area contributed by atoms with Gasteiger partial charge in [-0.15, -0.1) is 0 Å². The molecule has 0 radical (unpaired) electrons. The first kappa shape index (κ1) is 29.4. The lowest BCUT2D eigenvalue weighted by atomic mass is 9.88. The van der Waals surface area contributed by atoms with Gasteiger partial charge in [-0.05, 0) is 62.8 Å². The molecule has 2 aliphatic rings. The largest absolute Gasteiger partial charge is 0.481 e. The summed E-state index contributed by atoms with van der Waals surface area (Å²) in [5, 5.41) is 12.1. The number of nitrogens with zero attached hydrogens (tertiary/aromatic N) is 1. The average molecular weight is 553 g/mol. The number of carboxylic acids is 1. The van der Waals surface area contributed by atoms with Gasteiger partial charge in [-0.3, -0.25) is 4.79 Å². The molecule has 216 valence electrons. The van der Waals surface area contributed by atoms with Gasteiger partial charge in [0.05, 0.1) is 6.61 Å². The molecule has 1 aliphatic heterocycles. The molecule has 2 N–H and O–H groups in total. The second-order valence-electron chi connectivity index (χ2n) is 11.5. The maximum absolute atomic E-state index is 13.7. The van der Waals surface area contributed by atoms with Crippen molar-refractivity contribution in [3.8, 4) is 11.1 Å². The van der Waals surface area contributed by atoms with E-state index in [9.17, 15) is 19.5 Å². The second kappa shape index (κ2) is 12.7. The molecule has 9 nitrogen and oxygen atoms in total. The van der Waals surface area contributed by atoms with Crippen molar-refractivity contribution in [2.45, 2.75) is 70.6 Å². The Balaban J connectivity index is 1.50. The number of alkyl carbamates (subject to hydrolysis) is 1. The van der Waals surface area contributed by atoms with Crippen LogP contribution >= 0.6 is 0 Å². The summed E-state index contributed by atoms with van der Waals surface area (Å²) in [7, 11) is 0. The van der Waals surface area contributed by atoms with E-state index >= 15 is 0 Å². The molecule has 0 saturated carbocycles. The van der Waals surface area contributed by atoms with Crippen molar-refractivity contribution in [2.75, 3.05) is 26.4 Å². The van der Waals surface area contributed by atoms with Crippen molar-refractivity contribution in [3.05, 3.63) is 59.7 Å². The molecule has 0 aromatic heterocycles. The lowest BCUT2D eigenvalue weighted by molar-refractivity contribution is -0.137. The summed E-state index contributed by atoms with van der Waals surface area (Å²) in [5.74, 6) is -1.24. The standard InChI is InChI=1S/C31H40N2O7/c1-20(32-29(36)40-31(2,3)4)25-18-38-17-15-27(25)33(16-9-14-28(34)35)30(37)39-19-26-23-12-7-5-10-21(23)22-11-6-8-13-24(22)26/h5-8,10-13,20,25-27H,9,14-19H2,1-4H3,(H,32,36)(H,34,35). The van der Waals surface area contributed by atoms with Gasteiger partial charge in [-0.2, -0.15) is 0 Å². The number of fused-ring (bicyclic) bond motifs is 3. The van der Waals surface area contributed by atoms with Gasteiger partial charge >= 0.3 is 18.2 Å². The maximum Gasteiger partial charge on any atom is 0.410 e.